The van der Waals surface area contributed by atoms with Crippen LogP contribution in [0.5, 0.6) is 0 Å². The predicted octanol–water partition coefficient (Wildman–Crippen LogP) is 3.07. The number of carbonyl (C=O) groups excluding carboxylic acids is 1. The number of nitrogens with zero attached hydrogens (tertiary/aromatic N) is 2. The van der Waals surface area contributed by atoms with E-state index in [1.54, 1.807) is 31.3 Å². The molecule has 1 amide bonds. The topological polar surface area (TPSA) is 57.2 Å². The Hall–Kier alpha value is -2.61. The first-order chi connectivity index (χ1) is 9.61. The van der Waals surface area contributed by atoms with Gasteiger partial charge in [-0.15, -0.1) is 0 Å². The Morgan fingerprint density at radius 2 is 2.00 bits per heavy atom. The van der Waals surface area contributed by atoms with Gasteiger partial charge in [0.2, 0.25) is 0 Å². The molecule has 102 valence electrons. The molecule has 0 spiro atoms. The molecule has 0 saturated heterocycles. The van der Waals surface area contributed by atoms with Crippen LogP contribution in [0.2, 0.25) is 0 Å². The molecular formula is C15H13FN2O2. The molecule has 1 heterocycles. The molecule has 0 radical (unpaired) electrons. The van der Waals surface area contributed by atoms with Crippen molar-refractivity contribution < 1.29 is 13.6 Å². The van der Waals surface area contributed by atoms with E-state index in [0.717, 1.165) is 0 Å². The number of rotatable bonds is 4. The molecule has 5 heteroatoms. The third kappa shape index (κ3) is 3.04. The molecule has 0 aliphatic heterocycles. The average Bonchev–Trinajstić information content (AvgIpc) is 2.94. The van der Waals surface area contributed by atoms with Gasteiger partial charge in [-0.25, -0.2) is 4.39 Å². The standard InChI is InChI=1S/C15H13FN2O2/c1-18(10-2-9-17)15(19)14-8-7-13(20-14)11-3-5-12(16)6-4-11/h3-8H,2,10H2,1H3. The van der Waals surface area contributed by atoms with Crippen LogP contribution >= 0.6 is 0 Å². The van der Waals surface area contributed by atoms with Crippen LogP contribution in [-0.2, 0) is 0 Å². The van der Waals surface area contributed by atoms with Gasteiger partial charge in [0.1, 0.15) is 11.6 Å². The minimum Gasteiger partial charge on any atom is -0.451 e. The molecule has 0 unspecified atom stereocenters. The molecule has 0 aliphatic rings. The van der Waals surface area contributed by atoms with E-state index in [0.29, 0.717) is 17.9 Å². The summed E-state index contributed by atoms with van der Waals surface area (Å²) < 4.78 is 18.3. The summed E-state index contributed by atoms with van der Waals surface area (Å²) in [4.78, 5) is 13.4. The van der Waals surface area contributed by atoms with Crippen molar-refractivity contribution in [1.29, 1.82) is 5.26 Å². The van der Waals surface area contributed by atoms with E-state index in [1.165, 1.54) is 17.0 Å². The Morgan fingerprint density at radius 3 is 2.65 bits per heavy atom. The molecule has 0 bridgehead atoms. The number of amides is 1. The Labute approximate surface area is 116 Å². The Bertz CT molecular complexity index is 641. The predicted molar refractivity (Wildman–Crippen MR) is 71.3 cm³/mol. The SMILES string of the molecule is CN(CCC#N)C(=O)c1ccc(-c2ccc(F)cc2)o1. The van der Waals surface area contributed by atoms with Gasteiger partial charge in [0.05, 0.1) is 12.5 Å². The first-order valence-corrected chi connectivity index (χ1v) is 6.10. The maximum atomic E-state index is 12.8. The first kappa shape index (κ1) is 13.8. The Morgan fingerprint density at radius 1 is 1.30 bits per heavy atom. The van der Waals surface area contributed by atoms with Crippen molar-refractivity contribution >= 4 is 5.91 Å². The molecule has 2 aromatic rings. The van der Waals surface area contributed by atoms with Gasteiger partial charge in [0, 0.05) is 19.2 Å². The van der Waals surface area contributed by atoms with Gasteiger partial charge in [-0.2, -0.15) is 5.26 Å². The normalized spacial score (nSPS) is 10.1. The molecule has 20 heavy (non-hydrogen) atoms. The van der Waals surface area contributed by atoms with E-state index in [9.17, 15) is 9.18 Å². The molecule has 1 aromatic carbocycles. The van der Waals surface area contributed by atoms with Crippen LogP contribution in [0.4, 0.5) is 4.39 Å². The van der Waals surface area contributed by atoms with Crippen molar-refractivity contribution in [2.45, 2.75) is 6.42 Å². The number of nitriles is 1. The summed E-state index contributed by atoms with van der Waals surface area (Å²) in [7, 11) is 1.61. The van der Waals surface area contributed by atoms with Gasteiger partial charge < -0.3 is 9.32 Å². The van der Waals surface area contributed by atoms with E-state index in [2.05, 4.69) is 0 Å². The average molecular weight is 272 g/mol. The van der Waals surface area contributed by atoms with Crippen LogP contribution in [0, 0.1) is 17.1 Å². The lowest BCUT2D eigenvalue weighted by Crippen LogP contribution is -2.27. The maximum Gasteiger partial charge on any atom is 0.289 e. The molecule has 0 fully saturated rings. The smallest absolute Gasteiger partial charge is 0.289 e. The molecule has 0 aliphatic carbocycles. The second-order valence-corrected chi connectivity index (χ2v) is 4.31. The molecule has 1 aromatic heterocycles. The summed E-state index contributed by atoms with van der Waals surface area (Å²) in [6.07, 6.45) is 0.272. The summed E-state index contributed by atoms with van der Waals surface area (Å²) in [5.41, 5.74) is 0.699. The van der Waals surface area contributed by atoms with Gasteiger partial charge in [-0.3, -0.25) is 4.79 Å². The highest BCUT2D eigenvalue weighted by molar-refractivity contribution is 5.91. The molecule has 0 N–H and O–H groups in total. The van der Waals surface area contributed by atoms with Gasteiger partial charge in [0.15, 0.2) is 5.76 Å². The van der Waals surface area contributed by atoms with Crippen molar-refractivity contribution in [3.8, 4) is 17.4 Å². The minimum absolute atomic E-state index is 0.199. The molecule has 2 rings (SSSR count). The van der Waals surface area contributed by atoms with E-state index < -0.39 is 0 Å². The molecular weight excluding hydrogens is 259 g/mol. The van der Waals surface area contributed by atoms with E-state index in [-0.39, 0.29) is 23.9 Å². The van der Waals surface area contributed by atoms with Gasteiger partial charge in [-0.1, -0.05) is 0 Å². The first-order valence-electron chi connectivity index (χ1n) is 6.10. The third-order valence-corrected chi connectivity index (χ3v) is 2.85. The maximum absolute atomic E-state index is 12.8. The van der Waals surface area contributed by atoms with Crippen molar-refractivity contribution in [2.75, 3.05) is 13.6 Å². The monoisotopic (exact) mass is 272 g/mol. The van der Waals surface area contributed by atoms with E-state index in [4.69, 9.17) is 9.68 Å². The van der Waals surface area contributed by atoms with Crippen LogP contribution < -0.4 is 0 Å². The summed E-state index contributed by atoms with van der Waals surface area (Å²) in [5, 5.41) is 8.50. The zero-order chi connectivity index (χ0) is 14.5. The Kier molecular flexibility index (Phi) is 4.16. The van der Waals surface area contributed by atoms with Gasteiger partial charge in [-0.05, 0) is 36.4 Å². The van der Waals surface area contributed by atoms with Crippen LogP contribution in [0.15, 0.2) is 40.8 Å². The quantitative estimate of drug-likeness (QED) is 0.859. The zero-order valence-corrected chi connectivity index (χ0v) is 11.0. The fraction of sp³-hybridized carbons (Fsp3) is 0.200. The largest absolute Gasteiger partial charge is 0.451 e. The van der Waals surface area contributed by atoms with E-state index in [1.807, 2.05) is 6.07 Å². The van der Waals surface area contributed by atoms with Crippen molar-refractivity contribution in [3.05, 3.63) is 48.0 Å². The van der Waals surface area contributed by atoms with Crippen LogP contribution in [0.1, 0.15) is 17.0 Å². The van der Waals surface area contributed by atoms with Gasteiger partial charge >= 0.3 is 0 Å². The molecule has 0 saturated carbocycles. The number of hydrogen-bond donors (Lipinski definition) is 0. The molecule has 4 nitrogen and oxygen atoms in total. The summed E-state index contributed by atoms with van der Waals surface area (Å²) in [5.74, 6) is 0.0910. The van der Waals surface area contributed by atoms with Crippen LogP contribution in [0.25, 0.3) is 11.3 Å². The highest BCUT2D eigenvalue weighted by Gasteiger charge is 2.16. The number of halogens is 1. The summed E-state index contributed by atoms with van der Waals surface area (Å²) in [6.45, 7) is 0.349. The summed E-state index contributed by atoms with van der Waals surface area (Å²) in [6, 6.07) is 11.1. The lowest BCUT2D eigenvalue weighted by molar-refractivity contribution is 0.0767. The van der Waals surface area contributed by atoms with Gasteiger partial charge in [0.25, 0.3) is 5.91 Å². The van der Waals surface area contributed by atoms with Crippen molar-refractivity contribution in [3.63, 3.8) is 0 Å². The van der Waals surface area contributed by atoms with Crippen molar-refractivity contribution in [2.24, 2.45) is 0 Å². The number of carbonyl (C=O) groups is 1. The highest BCUT2D eigenvalue weighted by atomic mass is 19.1. The number of benzene rings is 1. The second-order valence-electron chi connectivity index (χ2n) is 4.31. The zero-order valence-electron chi connectivity index (χ0n) is 11.0. The number of hydrogen-bond acceptors (Lipinski definition) is 3. The lowest BCUT2D eigenvalue weighted by Gasteiger charge is -2.13. The summed E-state index contributed by atoms with van der Waals surface area (Å²) >= 11 is 0. The minimum atomic E-state index is -0.326. The van der Waals surface area contributed by atoms with Crippen LogP contribution in [-0.4, -0.2) is 24.4 Å². The second kappa shape index (κ2) is 6.02. The third-order valence-electron chi connectivity index (χ3n) is 2.85. The highest BCUT2D eigenvalue weighted by Crippen LogP contribution is 2.23. The Balaban J connectivity index is 2.14. The fourth-order valence-corrected chi connectivity index (χ4v) is 1.73. The lowest BCUT2D eigenvalue weighted by atomic mass is 10.2. The van der Waals surface area contributed by atoms with E-state index >= 15 is 0 Å². The van der Waals surface area contributed by atoms with Crippen LogP contribution in [0.3, 0.4) is 0 Å². The fourth-order valence-electron chi connectivity index (χ4n) is 1.73. The number of furan rings is 1. The van der Waals surface area contributed by atoms with Crippen molar-refractivity contribution in [1.82, 2.24) is 4.90 Å². The molecule has 0 atom stereocenters.